The van der Waals surface area contributed by atoms with Gasteiger partial charge in [0.15, 0.2) is 5.25 Å². The topological polar surface area (TPSA) is 103 Å². The predicted molar refractivity (Wildman–Crippen MR) is 56.1 cm³/mol. The van der Waals surface area contributed by atoms with Crippen LogP contribution in [0, 0.1) is 0 Å². The number of carboxylic acid groups (broad SMARTS) is 1. The minimum absolute atomic E-state index is 0.0937. The summed E-state index contributed by atoms with van der Waals surface area (Å²) in [6.45, 7) is 1.24. The fourth-order valence-electron chi connectivity index (χ4n) is 1.11. The highest BCUT2D eigenvalue weighted by Crippen LogP contribution is 2.10. The molecule has 1 heterocycles. The van der Waals surface area contributed by atoms with Crippen LogP contribution in [0.25, 0.3) is 0 Å². The van der Waals surface area contributed by atoms with E-state index in [0.29, 0.717) is 5.56 Å². The van der Waals surface area contributed by atoms with Crippen molar-refractivity contribution in [2.45, 2.75) is 18.7 Å². The Morgan fingerprint density at radius 1 is 1.69 bits per heavy atom. The number of carbonyl (C=O) groups is 1. The van der Waals surface area contributed by atoms with Crippen molar-refractivity contribution in [1.29, 1.82) is 0 Å². The maximum Gasteiger partial charge on any atom is 0.323 e. The molecule has 0 radical (unpaired) electrons. The first-order valence-corrected chi connectivity index (χ1v) is 6.01. The molecule has 7 nitrogen and oxygen atoms in total. The largest absolute Gasteiger partial charge is 0.480 e. The number of rotatable bonds is 5. The Kier molecular flexibility index (Phi) is 3.66. The van der Waals surface area contributed by atoms with Crippen LogP contribution in [0.4, 0.5) is 0 Å². The molecular formula is C8H13N3O4S. The van der Waals surface area contributed by atoms with Crippen molar-refractivity contribution in [3.8, 4) is 0 Å². The monoisotopic (exact) mass is 247 g/mol. The van der Waals surface area contributed by atoms with E-state index in [2.05, 4.69) is 10.2 Å². The summed E-state index contributed by atoms with van der Waals surface area (Å²) >= 11 is 0. The Labute approximate surface area is 93.1 Å². The Morgan fingerprint density at radius 2 is 2.31 bits per heavy atom. The molecule has 1 rings (SSSR count). The fourth-order valence-corrected chi connectivity index (χ4v) is 2.23. The van der Waals surface area contributed by atoms with Crippen molar-refractivity contribution < 1.29 is 18.3 Å². The summed E-state index contributed by atoms with van der Waals surface area (Å²) in [6, 6.07) is 0. The standard InChI is InChI=1S/C8H13N3O4S/c1-6(8(12)13)16(14,15)11(2)5-7-3-9-10-4-7/h3-4,6H,5H2,1-2H3,(H,9,10)(H,12,13). The third-order valence-electron chi connectivity index (χ3n) is 2.19. The van der Waals surface area contributed by atoms with E-state index in [1.54, 1.807) is 6.20 Å². The second-order valence-electron chi connectivity index (χ2n) is 3.39. The molecule has 0 aliphatic rings. The van der Waals surface area contributed by atoms with Crippen LogP contribution in [0.2, 0.25) is 0 Å². The minimum atomic E-state index is -3.82. The van der Waals surface area contributed by atoms with Gasteiger partial charge in [-0.3, -0.25) is 9.89 Å². The van der Waals surface area contributed by atoms with Gasteiger partial charge in [0.05, 0.1) is 6.20 Å². The number of nitrogens with zero attached hydrogens (tertiary/aromatic N) is 2. The van der Waals surface area contributed by atoms with Crippen LogP contribution in [0.3, 0.4) is 0 Å². The van der Waals surface area contributed by atoms with Crippen molar-refractivity contribution in [1.82, 2.24) is 14.5 Å². The molecule has 16 heavy (non-hydrogen) atoms. The molecule has 1 unspecified atom stereocenters. The lowest BCUT2D eigenvalue weighted by atomic mass is 10.4. The van der Waals surface area contributed by atoms with E-state index in [4.69, 9.17) is 5.11 Å². The van der Waals surface area contributed by atoms with Gasteiger partial charge in [-0.15, -0.1) is 0 Å². The lowest BCUT2D eigenvalue weighted by Gasteiger charge is -2.18. The number of aromatic amines is 1. The molecule has 0 amide bonds. The lowest BCUT2D eigenvalue weighted by Crippen LogP contribution is -2.38. The van der Waals surface area contributed by atoms with Crippen molar-refractivity contribution in [3.63, 3.8) is 0 Å². The van der Waals surface area contributed by atoms with E-state index in [1.165, 1.54) is 13.2 Å². The molecule has 2 N–H and O–H groups in total. The second kappa shape index (κ2) is 4.62. The van der Waals surface area contributed by atoms with Gasteiger partial charge in [-0.05, 0) is 6.92 Å². The van der Waals surface area contributed by atoms with Crippen molar-refractivity contribution in [3.05, 3.63) is 18.0 Å². The van der Waals surface area contributed by atoms with Crippen LogP contribution in [0.1, 0.15) is 12.5 Å². The molecule has 0 saturated carbocycles. The number of aromatic nitrogens is 2. The van der Waals surface area contributed by atoms with E-state index in [-0.39, 0.29) is 6.54 Å². The molecule has 0 saturated heterocycles. The Morgan fingerprint density at radius 3 is 2.75 bits per heavy atom. The van der Waals surface area contributed by atoms with Crippen LogP contribution in [-0.2, 0) is 21.4 Å². The van der Waals surface area contributed by atoms with Crippen molar-refractivity contribution in [2.24, 2.45) is 0 Å². The molecule has 0 fully saturated rings. The summed E-state index contributed by atoms with van der Waals surface area (Å²) < 4.78 is 24.4. The molecule has 0 aromatic carbocycles. The normalized spacial score (nSPS) is 13.9. The number of H-pyrrole nitrogens is 1. The summed E-state index contributed by atoms with van der Waals surface area (Å²) in [4.78, 5) is 10.6. The highest BCUT2D eigenvalue weighted by atomic mass is 32.2. The van der Waals surface area contributed by atoms with Gasteiger partial charge in [-0.25, -0.2) is 8.42 Å². The third-order valence-corrected chi connectivity index (χ3v) is 4.28. The van der Waals surface area contributed by atoms with Gasteiger partial charge in [0.25, 0.3) is 0 Å². The number of hydrogen-bond donors (Lipinski definition) is 2. The maximum absolute atomic E-state index is 11.7. The molecule has 1 aromatic heterocycles. The van der Waals surface area contributed by atoms with Gasteiger partial charge in [-0.1, -0.05) is 0 Å². The molecule has 1 aromatic rings. The van der Waals surface area contributed by atoms with Crippen LogP contribution in [0.5, 0.6) is 0 Å². The van der Waals surface area contributed by atoms with E-state index < -0.39 is 21.2 Å². The summed E-state index contributed by atoms with van der Waals surface area (Å²) in [5, 5.41) is 13.4. The number of aliphatic carboxylic acids is 1. The van der Waals surface area contributed by atoms with Gasteiger partial charge in [0.2, 0.25) is 10.0 Å². The van der Waals surface area contributed by atoms with Crippen molar-refractivity contribution >= 4 is 16.0 Å². The molecule has 0 aliphatic carbocycles. The van der Waals surface area contributed by atoms with Gasteiger partial charge in [0, 0.05) is 25.4 Å². The quantitative estimate of drug-likeness (QED) is 0.739. The van der Waals surface area contributed by atoms with E-state index in [1.807, 2.05) is 0 Å². The number of sulfonamides is 1. The highest BCUT2D eigenvalue weighted by Gasteiger charge is 2.31. The Hall–Kier alpha value is -1.41. The van der Waals surface area contributed by atoms with E-state index >= 15 is 0 Å². The molecule has 0 bridgehead atoms. The minimum Gasteiger partial charge on any atom is -0.480 e. The number of carboxylic acids is 1. The first kappa shape index (κ1) is 12.7. The van der Waals surface area contributed by atoms with Crippen LogP contribution >= 0.6 is 0 Å². The smallest absolute Gasteiger partial charge is 0.323 e. The summed E-state index contributed by atoms with van der Waals surface area (Å²) in [5.41, 5.74) is 0.670. The zero-order valence-corrected chi connectivity index (χ0v) is 9.73. The molecular weight excluding hydrogens is 234 g/mol. The van der Waals surface area contributed by atoms with Crippen molar-refractivity contribution in [2.75, 3.05) is 7.05 Å². The van der Waals surface area contributed by atoms with Crippen LogP contribution in [-0.4, -0.2) is 46.3 Å². The van der Waals surface area contributed by atoms with E-state index in [0.717, 1.165) is 11.2 Å². The first-order chi connectivity index (χ1) is 7.35. The van der Waals surface area contributed by atoms with Crippen LogP contribution in [0.15, 0.2) is 12.4 Å². The average molecular weight is 247 g/mol. The SMILES string of the molecule is CC(C(=O)O)S(=O)(=O)N(C)Cc1cn[nH]c1. The van der Waals surface area contributed by atoms with E-state index in [9.17, 15) is 13.2 Å². The van der Waals surface area contributed by atoms with Gasteiger partial charge in [0.1, 0.15) is 0 Å². The zero-order valence-electron chi connectivity index (χ0n) is 8.91. The summed E-state index contributed by atoms with van der Waals surface area (Å²) in [6.07, 6.45) is 3.04. The summed E-state index contributed by atoms with van der Waals surface area (Å²) in [5.74, 6) is -1.36. The molecule has 8 heteroatoms. The van der Waals surface area contributed by atoms with Gasteiger partial charge in [-0.2, -0.15) is 9.40 Å². The second-order valence-corrected chi connectivity index (χ2v) is 5.75. The average Bonchev–Trinajstić information content (AvgIpc) is 2.68. The maximum atomic E-state index is 11.7. The van der Waals surface area contributed by atoms with Gasteiger partial charge < -0.3 is 5.11 Å². The first-order valence-electron chi connectivity index (χ1n) is 4.51. The molecule has 0 aliphatic heterocycles. The zero-order chi connectivity index (χ0) is 12.3. The van der Waals surface area contributed by atoms with Crippen LogP contribution < -0.4 is 0 Å². The highest BCUT2D eigenvalue weighted by molar-refractivity contribution is 7.90. The van der Waals surface area contributed by atoms with Gasteiger partial charge >= 0.3 is 5.97 Å². The lowest BCUT2D eigenvalue weighted by molar-refractivity contribution is -0.136. The molecule has 90 valence electrons. The predicted octanol–water partition coefficient (Wildman–Crippen LogP) is -0.356. The third kappa shape index (κ3) is 2.58. The molecule has 1 atom stereocenters. The number of hydrogen-bond acceptors (Lipinski definition) is 4. The summed E-state index contributed by atoms with van der Waals surface area (Å²) in [7, 11) is -2.49. The Bertz CT molecular complexity index is 454. The Balaban J connectivity index is 2.81. The molecule has 0 spiro atoms. The number of nitrogens with one attached hydrogen (secondary N) is 1. The fraction of sp³-hybridized carbons (Fsp3) is 0.500.